The maximum absolute atomic E-state index is 12.7. The summed E-state index contributed by atoms with van der Waals surface area (Å²) in [5.41, 5.74) is 1.63. The minimum Gasteiger partial charge on any atom is -0.546 e. The van der Waals surface area contributed by atoms with Gasteiger partial charge in [-0.2, -0.15) is 0 Å². The average Bonchev–Trinajstić information content (AvgIpc) is 2.71. The number of carbonyl (C=O) groups excluding carboxylic acids is 4. The third-order valence-electron chi connectivity index (χ3n) is 4.78. The molecule has 1 aromatic carbocycles. The van der Waals surface area contributed by atoms with Gasteiger partial charge in [0.2, 0.25) is 0 Å². The number of carbonyl (C=O) groups is 4. The molecule has 29 heavy (non-hydrogen) atoms. The molecule has 3 rings (SSSR count). The van der Waals surface area contributed by atoms with Gasteiger partial charge in [0, 0.05) is 6.54 Å². The van der Waals surface area contributed by atoms with E-state index in [9.17, 15) is 24.3 Å². The number of benzene rings is 1. The molecule has 1 aliphatic carbocycles. The fraction of sp³-hybridized carbons (Fsp3) is 0.333. The molecule has 1 aromatic rings. The molecule has 1 heterocycles. The zero-order valence-corrected chi connectivity index (χ0v) is 15.8. The summed E-state index contributed by atoms with van der Waals surface area (Å²) in [6, 6.07) is 5.47. The third-order valence-corrected chi connectivity index (χ3v) is 4.78. The second-order valence-corrected chi connectivity index (χ2v) is 6.86. The van der Waals surface area contributed by atoms with E-state index in [1.165, 1.54) is 23.8 Å². The van der Waals surface area contributed by atoms with Crippen LogP contribution in [0.15, 0.2) is 41.5 Å². The lowest BCUT2D eigenvalue weighted by atomic mass is 9.97. The summed E-state index contributed by atoms with van der Waals surface area (Å²) in [6.45, 7) is -0.355. The minimum absolute atomic E-state index is 0.134. The lowest BCUT2D eigenvalue weighted by Gasteiger charge is -2.27. The second-order valence-electron chi connectivity index (χ2n) is 6.86. The van der Waals surface area contributed by atoms with Crippen LogP contribution in [0.1, 0.15) is 37.7 Å². The minimum atomic E-state index is -1.34. The summed E-state index contributed by atoms with van der Waals surface area (Å²) < 4.78 is 4.99. The van der Waals surface area contributed by atoms with Gasteiger partial charge in [0.1, 0.15) is 17.9 Å². The van der Waals surface area contributed by atoms with Crippen molar-refractivity contribution < 1.29 is 29.0 Å². The summed E-state index contributed by atoms with van der Waals surface area (Å²) in [7, 11) is 0. The van der Waals surface area contributed by atoms with E-state index in [2.05, 4.69) is 11.4 Å². The van der Waals surface area contributed by atoms with Gasteiger partial charge < -0.3 is 14.6 Å². The zero-order valence-electron chi connectivity index (χ0n) is 15.8. The third kappa shape index (κ3) is 5.31. The molecular weight excluding hydrogens is 376 g/mol. The average molecular weight is 397 g/mol. The highest BCUT2D eigenvalue weighted by Crippen LogP contribution is 2.22. The Bertz CT molecular complexity index is 885. The SMILES string of the molecule is O=C([O-])COc1ccc(/C=C2/C(=O)NC(=O)N(CCC3=CCCCC3)C2=O)cc1. The normalized spacial score (nSPS) is 18.5. The van der Waals surface area contributed by atoms with Crippen LogP contribution in [0.2, 0.25) is 0 Å². The van der Waals surface area contributed by atoms with Gasteiger partial charge in [-0.1, -0.05) is 23.8 Å². The van der Waals surface area contributed by atoms with Crippen LogP contribution in [0.25, 0.3) is 6.08 Å². The Kier molecular flexibility index (Phi) is 6.43. The second kappa shape index (κ2) is 9.18. The topological polar surface area (TPSA) is 116 Å². The molecule has 2 aliphatic rings. The van der Waals surface area contributed by atoms with Gasteiger partial charge in [-0.3, -0.25) is 19.8 Å². The fourth-order valence-corrected chi connectivity index (χ4v) is 3.25. The highest BCUT2D eigenvalue weighted by atomic mass is 16.5. The molecule has 0 atom stereocenters. The molecule has 0 radical (unpaired) electrons. The maximum Gasteiger partial charge on any atom is 0.331 e. The summed E-state index contributed by atoms with van der Waals surface area (Å²) >= 11 is 0. The van der Waals surface area contributed by atoms with E-state index in [0.717, 1.165) is 30.6 Å². The molecular formula is C21H21N2O6-. The van der Waals surface area contributed by atoms with Crippen molar-refractivity contribution in [2.24, 2.45) is 0 Å². The fourth-order valence-electron chi connectivity index (χ4n) is 3.25. The van der Waals surface area contributed by atoms with Crippen molar-refractivity contribution >= 4 is 29.9 Å². The lowest BCUT2D eigenvalue weighted by molar-refractivity contribution is -0.307. The van der Waals surface area contributed by atoms with Crippen molar-refractivity contribution in [2.75, 3.05) is 13.2 Å². The molecule has 1 aliphatic heterocycles. The number of rotatable bonds is 7. The van der Waals surface area contributed by atoms with E-state index in [0.29, 0.717) is 17.7 Å². The smallest absolute Gasteiger partial charge is 0.331 e. The zero-order chi connectivity index (χ0) is 20.8. The largest absolute Gasteiger partial charge is 0.546 e. The van der Waals surface area contributed by atoms with Gasteiger partial charge in [0.25, 0.3) is 11.8 Å². The molecule has 0 unspecified atom stereocenters. The van der Waals surface area contributed by atoms with Crippen molar-refractivity contribution in [3.8, 4) is 5.75 Å². The van der Waals surface area contributed by atoms with Crippen LogP contribution in [0, 0.1) is 0 Å². The first-order valence-corrected chi connectivity index (χ1v) is 9.43. The van der Waals surface area contributed by atoms with E-state index >= 15 is 0 Å². The number of hydrogen-bond donors (Lipinski definition) is 1. The molecule has 152 valence electrons. The highest BCUT2D eigenvalue weighted by Gasteiger charge is 2.35. The molecule has 0 saturated carbocycles. The summed E-state index contributed by atoms with van der Waals surface area (Å²) in [5.74, 6) is -2.40. The Labute approximate surface area is 167 Å². The van der Waals surface area contributed by atoms with Crippen molar-refractivity contribution in [3.63, 3.8) is 0 Å². The summed E-state index contributed by atoms with van der Waals surface area (Å²) in [6.07, 6.45) is 8.40. The maximum atomic E-state index is 12.7. The molecule has 1 saturated heterocycles. The van der Waals surface area contributed by atoms with Gasteiger partial charge in [0.15, 0.2) is 0 Å². The van der Waals surface area contributed by atoms with Crippen LogP contribution in [0.4, 0.5) is 4.79 Å². The van der Waals surface area contributed by atoms with Gasteiger partial charge in [-0.05, 0) is 55.9 Å². The highest BCUT2D eigenvalue weighted by molar-refractivity contribution is 6.31. The van der Waals surface area contributed by atoms with Gasteiger partial charge in [-0.15, -0.1) is 0 Å². The van der Waals surface area contributed by atoms with Gasteiger partial charge >= 0.3 is 6.03 Å². The number of nitrogens with one attached hydrogen (secondary N) is 1. The molecule has 8 nitrogen and oxygen atoms in total. The predicted molar refractivity (Wildman–Crippen MR) is 101 cm³/mol. The Hall–Kier alpha value is -3.42. The van der Waals surface area contributed by atoms with E-state index in [1.54, 1.807) is 12.1 Å². The Morgan fingerprint density at radius 1 is 1.17 bits per heavy atom. The van der Waals surface area contributed by atoms with Crippen LogP contribution in [-0.4, -0.2) is 41.9 Å². The number of nitrogens with zero attached hydrogens (tertiary/aromatic N) is 1. The van der Waals surface area contributed by atoms with Crippen LogP contribution < -0.4 is 15.2 Å². The molecule has 0 spiro atoms. The standard InChI is InChI=1S/C21H22N2O6/c24-18(25)13-29-16-8-6-15(7-9-16)12-17-19(26)22-21(28)23(20(17)27)11-10-14-4-2-1-3-5-14/h4,6-9,12H,1-3,5,10-11,13H2,(H,24,25)(H,22,26,28)/p-1/b17-12-. The monoisotopic (exact) mass is 397 g/mol. The van der Waals surface area contributed by atoms with Crippen LogP contribution >= 0.6 is 0 Å². The quantitative estimate of drug-likeness (QED) is 0.419. The number of aliphatic carboxylic acids is 1. The van der Waals surface area contributed by atoms with E-state index < -0.39 is 30.4 Å². The van der Waals surface area contributed by atoms with Crippen LogP contribution in [0.5, 0.6) is 5.75 Å². The van der Waals surface area contributed by atoms with Crippen molar-refractivity contribution in [2.45, 2.75) is 32.1 Å². The Morgan fingerprint density at radius 3 is 2.59 bits per heavy atom. The summed E-state index contributed by atoms with van der Waals surface area (Å²) in [4.78, 5) is 48.5. The Morgan fingerprint density at radius 2 is 1.93 bits per heavy atom. The number of carboxylic acids is 1. The van der Waals surface area contributed by atoms with E-state index in [4.69, 9.17) is 4.74 Å². The summed E-state index contributed by atoms with van der Waals surface area (Å²) in [5, 5.41) is 12.6. The number of urea groups is 1. The molecule has 1 fully saturated rings. The van der Waals surface area contributed by atoms with Gasteiger partial charge in [-0.25, -0.2) is 4.79 Å². The van der Waals surface area contributed by atoms with Crippen molar-refractivity contribution in [3.05, 3.63) is 47.1 Å². The molecule has 1 N–H and O–H groups in total. The lowest BCUT2D eigenvalue weighted by Crippen LogP contribution is -2.54. The van der Waals surface area contributed by atoms with Crippen molar-refractivity contribution in [1.29, 1.82) is 0 Å². The number of imide groups is 2. The van der Waals surface area contributed by atoms with Crippen LogP contribution in [-0.2, 0) is 14.4 Å². The molecule has 0 aromatic heterocycles. The first-order valence-electron chi connectivity index (χ1n) is 9.43. The van der Waals surface area contributed by atoms with E-state index in [-0.39, 0.29) is 12.1 Å². The van der Waals surface area contributed by atoms with Crippen LogP contribution in [0.3, 0.4) is 0 Å². The van der Waals surface area contributed by atoms with Crippen molar-refractivity contribution in [1.82, 2.24) is 10.2 Å². The number of allylic oxidation sites excluding steroid dienone is 1. The first kappa shape index (κ1) is 20.3. The number of ether oxygens (including phenoxy) is 1. The molecule has 8 heteroatoms. The number of carboxylic acid groups (broad SMARTS) is 1. The first-order chi connectivity index (χ1) is 13.9. The molecule has 0 bridgehead atoms. The Balaban J connectivity index is 1.70. The van der Waals surface area contributed by atoms with E-state index in [1.807, 2.05) is 0 Å². The number of barbiturate groups is 1. The van der Waals surface area contributed by atoms with Gasteiger partial charge in [0.05, 0.1) is 5.97 Å². The number of amides is 4. The molecule has 4 amide bonds. The number of hydrogen-bond acceptors (Lipinski definition) is 6. The predicted octanol–water partition coefficient (Wildman–Crippen LogP) is 1.17.